The van der Waals surface area contributed by atoms with Crippen LogP contribution in [0.1, 0.15) is 25.5 Å². The molecule has 2 N–H and O–H groups in total. The third kappa shape index (κ3) is 3.62. The first-order valence-corrected chi connectivity index (χ1v) is 5.22. The highest BCUT2D eigenvalue weighted by Crippen LogP contribution is 2.14. The van der Waals surface area contributed by atoms with E-state index in [-0.39, 0.29) is 5.82 Å². The van der Waals surface area contributed by atoms with Gasteiger partial charge in [0.2, 0.25) is 0 Å². The van der Waals surface area contributed by atoms with Gasteiger partial charge in [0.15, 0.2) is 0 Å². The lowest BCUT2D eigenvalue weighted by Crippen LogP contribution is -2.31. The number of aliphatic carboxylic acids is 1. The van der Waals surface area contributed by atoms with Gasteiger partial charge in [0.25, 0.3) is 0 Å². The van der Waals surface area contributed by atoms with Crippen molar-refractivity contribution in [2.45, 2.75) is 19.9 Å². The van der Waals surface area contributed by atoms with Crippen LogP contribution in [0.5, 0.6) is 0 Å². The van der Waals surface area contributed by atoms with Gasteiger partial charge in [-0.05, 0) is 30.2 Å². The van der Waals surface area contributed by atoms with E-state index in [0.29, 0.717) is 18.0 Å². The second-order valence-electron chi connectivity index (χ2n) is 4.12. The van der Waals surface area contributed by atoms with Crippen LogP contribution in [0.25, 0.3) is 0 Å². The Labute approximate surface area is 94.3 Å². The zero-order chi connectivity index (χ0) is 12.1. The van der Waals surface area contributed by atoms with Crippen LogP contribution < -0.4 is 5.32 Å². The van der Waals surface area contributed by atoms with Crippen LogP contribution in [0.3, 0.4) is 0 Å². The number of halogens is 1. The largest absolute Gasteiger partial charge is 0.480 e. The highest BCUT2D eigenvalue weighted by molar-refractivity contribution is 5.75. The zero-order valence-electron chi connectivity index (χ0n) is 9.40. The van der Waals surface area contributed by atoms with Crippen molar-refractivity contribution in [1.82, 2.24) is 5.32 Å². The van der Waals surface area contributed by atoms with Crippen LogP contribution in [0, 0.1) is 11.7 Å². The summed E-state index contributed by atoms with van der Waals surface area (Å²) in [5, 5.41) is 12.0. The fourth-order valence-corrected chi connectivity index (χ4v) is 1.36. The molecule has 4 heteroatoms. The monoisotopic (exact) mass is 225 g/mol. The molecule has 0 radical (unpaired) electrons. The fourth-order valence-electron chi connectivity index (χ4n) is 1.36. The number of hydrogen-bond donors (Lipinski definition) is 2. The predicted molar refractivity (Wildman–Crippen MR) is 59.6 cm³/mol. The summed E-state index contributed by atoms with van der Waals surface area (Å²) >= 11 is 0. The molecular weight excluding hydrogens is 209 g/mol. The summed E-state index contributed by atoms with van der Waals surface area (Å²) in [6.45, 7) is 4.60. The van der Waals surface area contributed by atoms with E-state index in [2.05, 4.69) is 5.32 Å². The first-order chi connectivity index (χ1) is 7.50. The third-order valence-corrected chi connectivity index (χ3v) is 2.18. The fraction of sp³-hybridized carbons (Fsp3) is 0.417. The van der Waals surface area contributed by atoms with Crippen molar-refractivity contribution < 1.29 is 14.3 Å². The van der Waals surface area contributed by atoms with Crippen molar-refractivity contribution in [3.05, 3.63) is 35.6 Å². The molecule has 0 aliphatic rings. The summed E-state index contributed by atoms with van der Waals surface area (Å²) in [5.74, 6) is -0.952. The van der Waals surface area contributed by atoms with Crippen molar-refractivity contribution in [2.24, 2.45) is 5.92 Å². The van der Waals surface area contributed by atoms with Gasteiger partial charge in [-0.15, -0.1) is 0 Å². The number of carboxylic acids is 1. The van der Waals surface area contributed by atoms with Crippen LogP contribution in [-0.2, 0) is 4.79 Å². The molecule has 88 valence electrons. The van der Waals surface area contributed by atoms with Crippen LogP contribution in [0.2, 0.25) is 0 Å². The Hall–Kier alpha value is -1.42. The van der Waals surface area contributed by atoms with E-state index in [9.17, 15) is 9.18 Å². The van der Waals surface area contributed by atoms with E-state index in [1.165, 1.54) is 24.3 Å². The second-order valence-corrected chi connectivity index (χ2v) is 4.12. The minimum absolute atomic E-state index is 0.363. The van der Waals surface area contributed by atoms with Crippen molar-refractivity contribution in [3.63, 3.8) is 0 Å². The molecule has 16 heavy (non-hydrogen) atoms. The topological polar surface area (TPSA) is 49.3 Å². The Bertz CT molecular complexity index is 349. The molecule has 1 unspecified atom stereocenters. The molecule has 0 saturated heterocycles. The molecule has 0 fully saturated rings. The number of nitrogens with one attached hydrogen (secondary N) is 1. The van der Waals surface area contributed by atoms with Gasteiger partial charge in [-0.25, -0.2) is 4.39 Å². The molecule has 0 heterocycles. The summed E-state index contributed by atoms with van der Waals surface area (Å²) < 4.78 is 12.7. The Balaban J connectivity index is 2.77. The molecule has 0 spiro atoms. The molecule has 0 amide bonds. The van der Waals surface area contributed by atoms with E-state index in [1.807, 2.05) is 13.8 Å². The van der Waals surface area contributed by atoms with Crippen LogP contribution >= 0.6 is 0 Å². The van der Waals surface area contributed by atoms with Gasteiger partial charge in [0.05, 0.1) is 0 Å². The highest BCUT2D eigenvalue weighted by atomic mass is 19.1. The van der Waals surface area contributed by atoms with E-state index >= 15 is 0 Å². The lowest BCUT2D eigenvalue weighted by molar-refractivity contribution is -0.139. The minimum Gasteiger partial charge on any atom is -0.480 e. The van der Waals surface area contributed by atoms with Gasteiger partial charge >= 0.3 is 5.97 Å². The van der Waals surface area contributed by atoms with Gasteiger partial charge in [-0.2, -0.15) is 0 Å². The van der Waals surface area contributed by atoms with Crippen LogP contribution in [-0.4, -0.2) is 17.6 Å². The maximum atomic E-state index is 12.7. The molecule has 0 aromatic heterocycles. The number of carbonyl (C=O) groups is 1. The Morgan fingerprint density at radius 2 is 1.94 bits per heavy atom. The molecule has 0 bridgehead atoms. The second kappa shape index (κ2) is 5.61. The zero-order valence-corrected chi connectivity index (χ0v) is 9.40. The minimum atomic E-state index is -0.952. The maximum Gasteiger partial charge on any atom is 0.325 e. The normalized spacial score (nSPS) is 12.8. The average molecular weight is 225 g/mol. The quantitative estimate of drug-likeness (QED) is 0.807. The molecule has 1 rings (SSSR count). The number of hydrogen-bond acceptors (Lipinski definition) is 2. The Morgan fingerprint density at radius 1 is 1.38 bits per heavy atom. The smallest absolute Gasteiger partial charge is 0.325 e. The number of rotatable bonds is 5. The lowest BCUT2D eigenvalue weighted by Gasteiger charge is -2.16. The SMILES string of the molecule is CC(C)CNC(C(=O)O)c1ccc(F)cc1. The Morgan fingerprint density at radius 3 is 2.38 bits per heavy atom. The molecule has 1 aromatic rings. The van der Waals surface area contributed by atoms with E-state index in [4.69, 9.17) is 5.11 Å². The van der Waals surface area contributed by atoms with Gasteiger partial charge in [-0.3, -0.25) is 4.79 Å². The van der Waals surface area contributed by atoms with Crippen molar-refractivity contribution in [3.8, 4) is 0 Å². The van der Waals surface area contributed by atoms with Crippen molar-refractivity contribution >= 4 is 5.97 Å². The summed E-state index contributed by atoms with van der Waals surface area (Å²) in [5.41, 5.74) is 0.564. The van der Waals surface area contributed by atoms with Crippen LogP contribution in [0.15, 0.2) is 24.3 Å². The molecule has 0 aliphatic carbocycles. The number of benzene rings is 1. The molecule has 1 atom stereocenters. The molecule has 3 nitrogen and oxygen atoms in total. The number of carboxylic acid groups (broad SMARTS) is 1. The predicted octanol–water partition coefficient (Wildman–Crippen LogP) is 2.20. The molecular formula is C12H16FNO2. The maximum absolute atomic E-state index is 12.7. The van der Waals surface area contributed by atoms with Gasteiger partial charge in [0.1, 0.15) is 11.9 Å². The first kappa shape index (κ1) is 12.6. The summed E-state index contributed by atoms with van der Waals surface area (Å²) in [6.07, 6.45) is 0. The Kier molecular flexibility index (Phi) is 4.43. The summed E-state index contributed by atoms with van der Waals surface area (Å²) in [4.78, 5) is 11.0. The standard InChI is InChI=1S/C12H16FNO2/c1-8(2)7-14-11(12(15)16)9-3-5-10(13)6-4-9/h3-6,8,11,14H,7H2,1-2H3,(H,15,16). The third-order valence-electron chi connectivity index (χ3n) is 2.18. The van der Waals surface area contributed by atoms with E-state index in [0.717, 1.165) is 0 Å². The summed E-state index contributed by atoms with van der Waals surface area (Å²) in [6, 6.07) is 4.73. The lowest BCUT2D eigenvalue weighted by atomic mass is 10.1. The van der Waals surface area contributed by atoms with Gasteiger partial charge in [0, 0.05) is 0 Å². The average Bonchev–Trinajstić information content (AvgIpc) is 2.20. The molecule has 0 aliphatic heterocycles. The highest BCUT2D eigenvalue weighted by Gasteiger charge is 2.19. The first-order valence-electron chi connectivity index (χ1n) is 5.22. The van der Waals surface area contributed by atoms with Crippen molar-refractivity contribution in [2.75, 3.05) is 6.54 Å². The molecule has 1 aromatic carbocycles. The summed E-state index contributed by atoms with van der Waals surface area (Å²) in [7, 11) is 0. The molecule has 0 saturated carbocycles. The van der Waals surface area contributed by atoms with Crippen LogP contribution in [0.4, 0.5) is 4.39 Å². The van der Waals surface area contributed by atoms with Crippen molar-refractivity contribution in [1.29, 1.82) is 0 Å². The van der Waals surface area contributed by atoms with Gasteiger partial charge in [-0.1, -0.05) is 26.0 Å². The van der Waals surface area contributed by atoms with Gasteiger partial charge < -0.3 is 10.4 Å². The van der Waals surface area contributed by atoms with E-state index in [1.54, 1.807) is 0 Å². The van der Waals surface area contributed by atoms with E-state index < -0.39 is 12.0 Å².